The van der Waals surface area contributed by atoms with Crippen molar-refractivity contribution in [2.24, 2.45) is 11.3 Å². The Balaban J connectivity index is 2.96. The van der Waals surface area contributed by atoms with Crippen molar-refractivity contribution < 1.29 is 37.0 Å². The summed E-state index contributed by atoms with van der Waals surface area (Å²) in [7, 11) is 1.62. The largest absolute Gasteiger partial charge is 0.460 e. The van der Waals surface area contributed by atoms with Crippen molar-refractivity contribution in [1.82, 2.24) is 9.80 Å². The van der Waals surface area contributed by atoms with E-state index in [1.54, 1.807) is 55.5 Å². The molecule has 0 saturated carbocycles. The molecule has 2 amide bonds. The zero-order valence-corrected chi connectivity index (χ0v) is 21.9. The summed E-state index contributed by atoms with van der Waals surface area (Å²) < 4.78 is 49.9. The van der Waals surface area contributed by atoms with E-state index in [0.717, 1.165) is 0 Å². The summed E-state index contributed by atoms with van der Waals surface area (Å²) >= 11 is 0. The van der Waals surface area contributed by atoms with Crippen molar-refractivity contribution in [3.63, 3.8) is 0 Å². The Bertz CT molecular complexity index is 728. The molecule has 1 saturated heterocycles. The number of hydrogen-bond acceptors (Lipinski definition) is 5. The van der Waals surface area contributed by atoms with Gasteiger partial charge in [0, 0.05) is 19.6 Å². The highest BCUT2D eigenvalue weighted by Gasteiger charge is 2.42. The first-order chi connectivity index (χ1) is 15.2. The molecule has 0 radical (unpaired) electrons. The standard InChI is InChI=1S/C24H41F3N2O5/c1-15(28(9)21(32)34-23(6,7)8)12-17-10-11-18(16(2)33-20(31)22(3,4)5)29(14-17)19(30)13-24(25,26)27/h15-18H,10-14H2,1-9H3/t15-,16+,17?,18?/m1/s1. The average Bonchev–Trinajstić information content (AvgIpc) is 2.63. The van der Waals surface area contributed by atoms with Gasteiger partial charge < -0.3 is 19.3 Å². The fourth-order valence-electron chi connectivity index (χ4n) is 3.89. The van der Waals surface area contributed by atoms with Gasteiger partial charge >= 0.3 is 18.2 Å². The molecule has 34 heavy (non-hydrogen) atoms. The van der Waals surface area contributed by atoms with Gasteiger partial charge in [0.2, 0.25) is 5.91 Å². The van der Waals surface area contributed by atoms with Gasteiger partial charge in [0.05, 0.1) is 11.5 Å². The molecule has 0 aliphatic carbocycles. The highest BCUT2D eigenvalue weighted by molar-refractivity contribution is 5.78. The molecule has 1 rings (SSSR count). The third-order valence-corrected chi connectivity index (χ3v) is 5.86. The average molecular weight is 495 g/mol. The second-order valence-electron chi connectivity index (χ2n) is 11.4. The van der Waals surface area contributed by atoms with Crippen molar-refractivity contribution in [1.29, 1.82) is 0 Å². The van der Waals surface area contributed by atoms with Crippen LogP contribution in [-0.2, 0) is 19.1 Å². The lowest BCUT2D eigenvalue weighted by Crippen LogP contribution is -2.54. The minimum Gasteiger partial charge on any atom is -0.460 e. The summed E-state index contributed by atoms with van der Waals surface area (Å²) in [6.07, 6.45) is -5.91. The van der Waals surface area contributed by atoms with Crippen molar-refractivity contribution >= 4 is 18.0 Å². The van der Waals surface area contributed by atoms with Crippen molar-refractivity contribution in [2.75, 3.05) is 13.6 Å². The minimum absolute atomic E-state index is 0.101. The monoisotopic (exact) mass is 494 g/mol. The molecule has 2 unspecified atom stereocenters. The summed E-state index contributed by atoms with van der Waals surface area (Å²) in [5, 5.41) is 0. The Kier molecular flexibility index (Phi) is 9.86. The van der Waals surface area contributed by atoms with Crippen LogP contribution in [0.15, 0.2) is 0 Å². The van der Waals surface area contributed by atoms with Gasteiger partial charge in [-0.1, -0.05) is 0 Å². The zero-order valence-electron chi connectivity index (χ0n) is 21.9. The molecule has 0 N–H and O–H groups in total. The van der Waals surface area contributed by atoms with E-state index in [0.29, 0.717) is 19.3 Å². The molecule has 198 valence electrons. The smallest absolute Gasteiger partial charge is 0.410 e. The van der Waals surface area contributed by atoms with Crippen LogP contribution < -0.4 is 0 Å². The first-order valence-corrected chi connectivity index (χ1v) is 11.7. The zero-order chi connectivity index (χ0) is 26.6. The first-order valence-electron chi connectivity index (χ1n) is 11.7. The second-order valence-corrected chi connectivity index (χ2v) is 11.4. The quantitative estimate of drug-likeness (QED) is 0.476. The van der Waals surface area contributed by atoms with Gasteiger partial charge in [0.25, 0.3) is 0 Å². The molecule has 0 aromatic rings. The van der Waals surface area contributed by atoms with E-state index in [2.05, 4.69) is 0 Å². The Morgan fingerprint density at radius 2 is 1.59 bits per heavy atom. The van der Waals surface area contributed by atoms with Gasteiger partial charge in [0.15, 0.2) is 0 Å². The molecular weight excluding hydrogens is 453 g/mol. The Morgan fingerprint density at radius 3 is 2.06 bits per heavy atom. The summed E-state index contributed by atoms with van der Waals surface area (Å²) in [6, 6.07) is -0.886. The van der Waals surface area contributed by atoms with Crippen molar-refractivity contribution in [3.05, 3.63) is 0 Å². The van der Waals surface area contributed by atoms with E-state index >= 15 is 0 Å². The molecule has 1 fully saturated rings. The fourth-order valence-corrected chi connectivity index (χ4v) is 3.89. The number of esters is 1. The van der Waals surface area contributed by atoms with Crippen LogP contribution in [-0.4, -0.2) is 71.3 Å². The van der Waals surface area contributed by atoms with Gasteiger partial charge in [-0.3, -0.25) is 9.59 Å². The van der Waals surface area contributed by atoms with Crippen LogP contribution in [0, 0.1) is 11.3 Å². The lowest BCUT2D eigenvalue weighted by molar-refractivity contribution is -0.174. The molecule has 1 aliphatic heterocycles. The maximum absolute atomic E-state index is 13.0. The molecule has 0 bridgehead atoms. The third kappa shape index (κ3) is 9.70. The van der Waals surface area contributed by atoms with Gasteiger partial charge in [-0.05, 0) is 80.6 Å². The van der Waals surface area contributed by atoms with Gasteiger partial charge in [-0.15, -0.1) is 0 Å². The fraction of sp³-hybridized carbons (Fsp3) is 0.875. The number of nitrogens with zero attached hydrogens (tertiary/aromatic N) is 2. The number of carbonyl (C=O) groups is 3. The summed E-state index contributed by atoms with van der Waals surface area (Å²) in [5.74, 6) is -1.62. The topological polar surface area (TPSA) is 76.2 Å². The van der Waals surface area contributed by atoms with Crippen LogP contribution in [0.4, 0.5) is 18.0 Å². The molecule has 7 nitrogen and oxygen atoms in total. The number of halogens is 3. The first kappa shape index (κ1) is 30.0. The highest BCUT2D eigenvalue weighted by atomic mass is 19.4. The van der Waals surface area contributed by atoms with Crippen molar-refractivity contribution in [3.8, 4) is 0 Å². The number of carbonyl (C=O) groups excluding carboxylic acids is 3. The maximum atomic E-state index is 13.0. The van der Waals surface area contributed by atoms with Crippen LogP contribution in [0.25, 0.3) is 0 Å². The molecule has 1 heterocycles. The number of alkyl halides is 3. The van der Waals surface area contributed by atoms with E-state index < -0.39 is 53.7 Å². The summed E-state index contributed by atoms with van der Waals surface area (Å²) in [6.45, 7) is 13.9. The third-order valence-electron chi connectivity index (χ3n) is 5.86. The molecule has 0 spiro atoms. The van der Waals surface area contributed by atoms with Crippen LogP contribution in [0.5, 0.6) is 0 Å². The Labute approximate surface area is 201 Å². The number of amides is 2. The highest BCUT2D eigenvalue weighted by Crippen LogP contribution is 2.32. The van der Waals surface area contributed by atoms with E-state index in [-0.39, 0.29) is 18.5 Å². The molecule has 1 aliphatic rings. The predicted molar refractivity (Wildman–Crippen MR) is 122 cm³/mol. The van der Waals surface area contributed by atoms with E-state index in [1.165, 1.54) is 9.80 Å². The van der Waals surface area contributed by atoms with Gasteiger partial charge in [-0.25, -0.2) is 4.79 Å². The summed E-state index contributed by atoms with van der Waals surface area (Å²) in [5.41, 5.74) is -1.42. The number of likely N-dealkylation sites (tertiary alicyclic amines) is 1. The lowest BCUT2D eigenvalue weighted by atomic mass is 9.86. The van der Waals surface area contributed by atoms with Crippen LogP contribution in [0.1, 0.15) is 81.1 Å². The number of piperidine rings is 1. The Morgan fingerprint density at radius 1 is 1.03 bits per heavy atom. The van der Waals surface area contributed by atoms with Crippen LogP contribution >= 0.6 is 0 Å². The van der Waals surface area contributed by atoms with Crippen LogP contribution in [0.2, 0.25) is 0 Å². The van der Waals surface area contributed by atoms with E-state index in [9.17, 15) is 27.6 Å². The van der Waals surface area contributed by atoms with Crippen LogP contribution in [0.3, 0.4) is 0 Å². The predicted octanol–water partition coefficient (Wildman–Crippen LogP) is 5.17. The minimum atomic E-state index is -4.63. The number of hydrogen-bond donors (Lipinski definition) is 0. The van der Waals surface area contributed by atoms with Gasteiger partial charge in [0.1, 0.15) is 18.1 Å². The maximum Gasteiger partial charge on any atom is 0.410 e. The lowest BCUT2D eigenvalue weighted by Gasteiger charge is -2.43. The summed E-state index contributed by atoms with van der Waals surface area (Å²) in [4.78, 5) is 40.0. The second kappa shape index (κ2) is 11.2. The Hall–Kier alpha value is -2.00. The number of rotatable bonds is 6. The van der Waals surface area contributed by atoms with Gasteiger partial charge in [-0.2, -0.15) is 13.2 Å². The number of ether oxygens (including phenoxy) is 2. The normalized spacial score (nSPS) is 21.5. The molecule has 4 atom stereocenters. The van der Waals surface area contributed by atoms with E-state index in [1.807, 2.05) is 6.92 Å². The van der Waals surface area contributed by atoms with E-state index in [4.69, 9.17) is 9.47 Å². The SMILES string of the molecule is C[C@H](OC(=O)C(C)(C)C)C1CCC(C[C@@H](C)N(C)C(=O)OC(C)(C)C)CN1C(=O)CC(F)(F)F. The molecule has 0 aromatic heterocycles. The van der Waals surface area contributed by atoms with Crippen molar-refractivity contribution in [2.45, 2.75) is 111 Å². The molecule has 10 heteroatoms. The molecular formula is C24H41F3N2O5. The molecule has 0 aromatic carbocycles.